The van der Waals surface area contributed by atoms with Crippen molar-refractivity contribution < 1.29 is 19.4 Å². The first-order valence-corrected chi connectivity index (χ1v) is 8.72. The molecule has 1 amide bonds. The minimum atomic E-state index is -1.07. The van der Waals surface area contributed by atoms with Gasteiger partial charge in [0.25, 0.3) is 0 Å². The van der Waals surface area contributed by atoms with E-state index in [-0.39, 0.29) is 12.5 Å². The van der Waals surface area contributed by atoms with Gasteiger partial charge in [-0.25, -0.2) is 4.79 Å². The van der Waals surface area contributed by atoms with Gasteiger partial charge in [-0.1, -0.05) is 24.3 Å². The van der Waals surface area contributed by atoms with E-state index in [1.807, 2.05) is 29.2 Å². The van der Waals surface area contributed by atoms with Crippen LogP contribution in [-0.2, 0) is 22.4 Å². The molecule has 2 heterocycles. The first-order chi connectivity index (χ1) is 12.6. The summed E-state index contributed by atoms with van der Waals surface area (Å²) in [6.45, 7) is 1.52. The Hall–Kier alpha value is -3.02. The molecule has 0 saturated carbocycles. The highest BCUT2D eigenvalue weighted by molar-refractivity contribution is 5.87. The third kappa shape index (κ3) is 3.10. The summed E-state index contributed by atoms with van der Waals surface area (Å²) < 4.78 is 5.46. The normalized spacial score (nSPS) is 15.8. The van der Waals surface area contributed by atoms with Gasteiger partial charge in [0.2, 0.25) is 5.91 Å². The Morgan fingerprint density at radius 2 is 2.00 bits per heavy atom. The molecule has 6 nitrogen and oxygen atoms in total. The van der Waals surface area contributed by atoms with Crippen LogP contribution in [0.25, 0.3) is 0 Å². The SMILES string of the molecule is O=C(CN1CCc2ccccc21)NC(C(=O)O)c1ccc2c(c1)CCO2. The third-order valence-corrected chi connectivity index (χ3v) is 4.92. The van der Waals surface area contributed by atoms with Gasteiger partial charge in [0.15, 0.2) is 6.04 Å². The Labute approximate surface area is 151 Å². The van der Waals surface area contributed by atoms with Crippen LogP contribution in [0.1, 0.15) is 22.7 Å². The summed E-state index contributed by atoms with van der Waals surface area (Å²) in [5.74, 6) is -0.581. The fraction of sp³-hybridized carbons (Fsp3) is 0.300. The summed E-state index contributed by atoms with van der Waals surface area (Å²) in [6.07, 6.45) is 1.66. The standard InChI is InChI=1S/C20H20N2O4/c23-18(12-22-9-7-13-3-1-2-4-16(13)22)21-19(20(24)25)15-5-6-17-14(11-15)8-10-26-17/h1-6,11,19H,7-10,12H2,(H,21,23)(H,24,25). The smallest absolute Gasteiger partial charge is 0.330 e. The number of rotatable bonds is 5. The first kappa shape index (κ1) is 16.4. The second-order valence-electron chi connectivity index (χ2n) is 6.60. The number of carbonyl (C=O) groups is 2. The van der Waals surface area contributed by atoms with E-state index in [1.165, 1.54) is 5.56 Å². The van der Waals surface area contributed by atoms with Crippen LogP contribution < -0.4 is 15.0 Å². The fourth-order valence-corrected chi connectivity index (χ4v) is 3.62. The van der Waals surface area contributed by atoms with Crippen molar-refractivity contribution in [3.8, 4) is 5.75 Å². The predicted molar refractivity (Wildman–Crippen MR) is 96.5 cm³/mol. The number of aliphatic carboxylic acids is 1. The molecule has 0 bridgehead atoms. The number of nitrogens with zero attached hydrogens (tertiary/aromatic N) is 1. The number of carboxylic acids is 1. The molecule has 2 aromatic rings. The Bertz CT molecular complexity index is 865. The monoisotopic (exact) mass is 352 g/mol. The first-order valence-electron chi connectivity index (χ1n) is 8.72. The van der Waals surface area contributed by atoms with Crippen molar-refractivity contribution in [2.24, 2.45) is 0 Å². The molecule has 0 saturated heterocycles. The van der Waals surface area contributed by atoms with Crippen LogP contribution in [0, 0.1) is 0 Å². The van der Waals surface area contributed by atoms with E-state index in [0.717, 1.165) is 36.4 Å². The molecule has 0 spiro atoms. The minimum absolute atomic E-state index is 0.148. The van der Waals surface area contributed by atoms with Crippen molar-refractivity contribution in [2.45, 2.75) is 18.9 Å². The maximum absolute atomic E-state index is 12.5. The van der Waals surface area contributed by atoms with E-state index < -0.39 is 12.0 Å². The van der Waals surface area contributed by atoms with Crippen LogP contribution in [-0.4, -0.2) is 36.7 Å². The van der Waals surface area contributed by atoms with Gasteiger partial charge in [-0.15, -0.1) is 0 Å². The zero-order chi connectivity index (χ0) is 18.1. The van der Waals surface area contributed by atoms with Crippen LogP contribution in [0.4, 0.5) is 5.69 Å². The number of anilines is 1. The van der Waals surface area contributed by atoms with E-state index in [2.05, 4.69) is 11.4 Å². The van der Waals surface area contributed by atoms with E-state index >= 15 is 0 Å². The molecular weight excluding hydrogens is 332 g/mol. The van der Waals surface area contributed by atoms with Crippen molar-refractivity contribution in [1.82, 2.24) is 5.32 Å². The lowest BCUT2D eigenvalue weighted by Crippen LogP contribution is -2.40. The highest BCUT2D eigenvalue weighted by Gasteiger charge is 2.26. The van der Waals surface area contributed by atoms with E-state index in [4.69, 9.17) is 4.74 Å². The minimum Gasteiger partial charge on any atom is -0.493 e. The lowest BCUT2D eigenvalue weighted by atomic mass is 10.0. The molecule has 2 aliphatic rings. The van der Waals surface area contributed by atoms with Crippen molar-refractivity contribution in [1.29, 1.82) is 0 Å². The summed E-state index contributed by atoms with van der Waals surface area (Å²) in [4.78, 5) is 26.2. The summed E-state index contributed by atoms with van der Waals surface area (Å²) in [5.41, 5.74) is 3.81. The number of benzene rings is 2. The zero-order valence-corrected chi connectivity index (χ0v) is 14.3. The van der Waals surface area contributed by atoms with E-state index in [1.54, 1.807) is 12.1 Å². The van der Waals surface area contributed by atoms with Crippen molar-refractivity contribution in [3.63, 3.8) is 0 Å². The largest absolute Gasteiger partial charge is 0.493 e. The Balaban J connectivity index is 1.47. The average Bonchev–Trinajstić information content (AvgIpc) is 3.26. The molecule has 26 heavy (non-hydrogen) atoms. The second-order valence-corrected chi connectivity index (χ2v) is 6.60. The molecule has 4 rings (SSSR count). The van der Waals surface area contributed by atoms with E-state index in [0.29, 0.717) is 12.2 Å². The zero-order valence-electron chi connectivity index (χ0n) is 14.3. The highest BCUT2D eigenvalue weighted by Crippen LogP contribution is 2.29. The van der Waals surface area contributed by atoms with Gasteiger partial charge < -0.3 is 20.1 Å². The van der Waals surface area contributed by atoms with Crippen LogP contribution in [0.5, 0.6) is 5.75 Å². The summed E-state index contributed by atoms with van der Waals surface area (Å²) >= 11 is 0. The number of para-hydroxylation sites is 1. The van der Waals surface area contributed by atoms with Crippen molar-refractivity contribution in [2.75, 3.05) is 24.6 Å². The molecule has 1 atom stereocenters. The molecule has 0 radical (unpaired) electrons. The van der Waals surface area contributed by atoms with E-state index in [9.17, 15) is 14.7 Å². The molecular formula is C20H20N2O4. The number of nitrogens with one attached hydrogen (secondary N) is 1. The fourth-order valence-electron chi connectivity index (χ4n) is 3.62. The summed E-state index contributed by atoms with van der Waals surface area (Å²) in [6, 6.07) is 12.2. The van der Waals surface area contributed by atoms with Gasteiger partial charge in [0.05, 0.1) is 13.2 Å². The van der Waals surface area contributed by atoms with Gasteiger partial charge in [0, 0.05) is 18.7 Å². The van der Waals surface area contributed by atoms with Gasteiger partial charge in [-0.3, -0.25) is 4.79 Å². The molecule has 0 aliphatic carbocycles. The van der Waals surface area contributed by atoms with Crippen LogP contribution >= 0.6 is 0 Å². The molecule has 1 unspecified atom stereocenters. The maximum atomic E-state index is 12.5. The number of hydrogen-bond acceptors (Lipinski definition) is 4. The number of fused-ring (bicyclic) bond motifs is 2. The Morgan fingerprint density at radius 1 is 1.15 bits per heavy atom. The number of ether oxygens (including phenoxy) is 1. The predicted octanol–water partition coefficient (Wildman–Crippen LogP) is 1.93. The number of carboxylic acid groups (broad SMARTS) is 1. The summed E-state index contributed by atoms with van der Waals surface area (Å²) in [7, 11) is 0. The lowest BCUT2D eigenvalue weighted by Gasteiger charge is -2.21. The number of amides is 1. The van der Waals surface area contributed by atoms with Gasteiger partial charge in [-0.05, 0) is 41.3 Å². The molecule has 2 N–H and O–H groups in total. The lowest BCUT2D eigenvalue weighted by molar-refractivity contribution is -0.141. The second kappa shape index (κ2) is 6.71. The number of hydrogen-bond donors (Lipinski definition) is 2. The molecule has 2 aromatic carbocycles. The van der Waals surface area contributed by atoms with Crippen molar-refractivity contribution >= 4 is 17.6 Å². The highest BCUT2D eigenvalue weighted by atomic mass is 16.5. The molecule has 6 heteroatoms. The third-order valence-electron chi connectivity index (χ3n) is 4.92. The molecule has 0 fully saturated rings. The molecule has 134 valence electrons. The Kier molecular flexibility index (Phi) is 4.24. The number of carbonyl (C=O) groups excluding carboxylic acids is 1. The topological polar surface area (TPSA) is 78.9 Å². The van der Waals surface area contributed by atoms with Gasteiger partial charge in [0.1, 0.15) is 5.75 Å². The van der Waals surface area contributed by atoms with Crippen molar-refractivity contribution in [3.05, 3.63) is 59.2 Å². The summed E-state index contributed by atoms with van der Waals surface area (Å²) in [5, 5.41) is 12.2. The Morgan fingerprint density at radius 3 is 2.85 bits per heavy atom. The average molecular weight is 352 g/mol. The molecule has 0 aromatic heterocycles. The van der Waals surface area contributed by atoms with Gasteiger partial charge >= 0.3 is 5.97 Å². The quantitative estimate of drug-likeness (QED) is 0.860. The van der Waals surface area contributed by atoms with Crippen LogP contribution in [0.15, 0.2) is 42.5 Å². The maximum Gasteiger partial charge on any atom is 0.330 e. The van der Waals surface area contributed by atoms with Gasteiger partial charge in [-0.2, -0.15) is 0 Å². The molecule has 2 aliphatic heterocycles. The van der Waals surface area contributed by atoms with Crippen LogP contribution in [0.2, 0.25) is 0 Å². The van der Waals surface area contributed by atoms with Crippen LogP contribution in [0.3, 0.4) is 0 Å².